The Kier molecular flexibility index (Phi) is 3.56. The molecule has 1 unspecified atom stereocenters. The van der Waals surface area contributed by atoms with Gasteiger partial charge >= 0.3 is 0 Å². The second-order valence-electron chi connectivity index (χ2n) is 1.62. The molecule has 0 amide bonds. The second kappa shape index (κ2) is 3.69. The number of hydrogen-bond donors (Lipinski definition) is 0. The van der Waals surface area contributed by atoms with Gasteiger partial charge < -0.3 is 9.47 Å². The maximum absolute atomic E-state index is 5.04. The van der Waals surface area contributed by atoms with Gasteiger partial charge in [-0.2, -0.15) is 0 Å². The average molecular weight is 132 g/mol. The number of hydrogen-bond acceptors (Lipinski definition) is 2. The van der Waals surface area contributed by atoms with E-state index in [1.807, 2.05) is 6.92 Å². The van der Waals surface area contributed by atoms with E-state index in [0.29, 0.717) is 0 Å². The molecule has 0 rings (SSSR count). The molecule has 0 aromatic rings. The molecule has 8 heavy (non-hydrogen) atoms. The van der Waals surface area contributed by atoms with Crippen LogP contribution in [0.2, 0.25) is 0 Å². The zero-order valence-corrected chi connectivity index (χ0v) is 7.60. The fourth-order valence-electron chi connectivity index (χ4n) is 0.331. The molecular formula is C5H12O2Si. The summed E-state index contributed by atoms with van der Waals surface area (Å²) in [6.07, 6.45) is -0.139. The van der Waals surface area contributed by atoms with Gasteiger partial charge in [-0.15, -0.1) is 0 Å². The Morgan fingerprint density at radius 1 is 1.75 bits per heavy atom. The van der Waals surface area contributed by atoms with Crippen molar-refractivity contribution in [2.45, 2.75) is 13.2 Å². The molecular weight excluding hydrogens is 120 g/mol. The predicted octanol–water partition coefficient (Wildman–Crippen LogP) is -0.168. The lowest BCUT2D eigenvalue weighted by molar-refractivity contribution is -0.0721. The van der Waals surface area contributed by atoms with Crippen molar-refractivity contribution >= 4 is 10.2 Å². The number of methoxy groups -OCH3 is 1. The minimum absolute atomic E-state index is 0.139. The minimum Gasteiger partial charge on any atom is -0.476 e. The first-order valence-electron chi connectivity index (χ1n) is 2.51. The molecule has 2 nitrogen and oxygen atoms in total. The monoisotopic (exact) mass is 132 g/mol. The van der Waals surface area contributed by atoms with E-state index in [9.17, 15) is 0 Å². The molecule has 3 heteroatoms. The summed E-state index contributed by atoms with van der Waals surface area (Å²) >= 11 is 0. The highest BCUT2D eigenvalue weighted by molar-refractivity contribution is 6.19. The van der Waals surface area contributed by atoms with E-state index in [2.05, 4.69) is 6.58 Å². The summed E-state index contributed by atoms with van der Waals surface area (Å²) in [6.45, 7) is 5.44. The van der Waals surface area contributed by atoms with Crippen molar-refractivity contribution in [2.75, 3.05) is 7.11 Å². The third-order valence-corrected chi connectivity index (χ3v) is 0.935. The molecule has 0 saturated carbocycles. The third-order valence-electron chi connectivity index (χ3n) is 0.699. The van der Waals surface area contributed by atoms with E-state index in [1.165, 1.54) is 0 Å². The van der Waals surface area contributed by atoms with E-state index in [1.54, 1.807) is 7.11 Å². The van der Waals surface area contributed by atoms with Gasteiger partial charge in [0.05, 0.1) is 15.6 Å². The molecule has 0 bridgehead atoms. The molecule has 48 valence electrons. The molecule has 0 heterocycles. The molecule has 0 aliphatic carbocycles. The molecule has 0 aromatic heterocycles. The van der Waals surface area contributed by atoms with Crippen molar-refractivity contribution in [1.29, 1.82) is 0 Å². The summed E-state index contributed by atoms with van der Waals surface area (Å²) in [5, 5.41) is 0.819. The van der Waals surface area contributed by atoms with Gasteiger partial charge in [0.1, 0.15) is 0 Å². The van der Waals surface area contributed by atoms with Gasteiger partial charge in [-0.3, -0.25) is 0 Å². The molecule has 0 aromatic carbocycles. The Labute approximate surface area is 52.9 Å². The van der Waals surface area contributed by atoms with Crippen LogP contribution in [0.15, 0.2) is 12.0 Å². The van der Waals surface area contributed by atoms with Gasteiger partial charge in [0, 0.05) is 7.11 Å². The normalized spacial score (nSPS) is 13.2. The topological polar surface area (TPSA) is 18.5 Å². The van der Waals surface area contributed by atoms with Crippen LogP contribution in [0.25, 0.3) is 0 Å². The standard InChI is InChI=1S/C5H12O2Si/c1-4(6-3)7-5(2)8/h4H,2H2,1,3,8H3. The van der Waals surface area contributed by atoms with Crippen LogP contribution in [-0.4, -0.2) is 23.6 Å². The smallest absolute Gasteiger partial charge is 0.195 e. The van der Waals surface area contributed by atoms with Crippen molar-refractivity contribution in [1.82, 2.24) is 0 Å². The molecule has 0 N–H and O–H groups in total. The number of ether oxygens (including phenoxy) is 2. The molecule has 0 fully saturated rings. The fourth-order valence-corrected chi connectivity index (χ4v) is 0.663. The summed E-state index contributed by atoms with van der Waals surface area (Å²) in [5.41, 5.74) is 0. The van der Waals surface area contributed by atoms with Crippen LogP contribution >= 0.6 is 0 Å². The Morgan fingerprint density at radius 2 is 2.25 bits per heavy atom. The van der Waals surface area contributed by atoms with Crippen LogP contribution in [-0.2, 0) is 9.47 Å². The highest BCUT2D eigenvalue weighted by Crippen LogP contribution is 1.94. The van der Waals surface area contributed by atoms with Crippen LogP contribution in [0.4, 0.5) is 0 Å². The lowest BCUT2D eigenvalue weighted by atomic mass is 10.7. The Bertz CT molecular complexity index is 82.5. The van der Waals surface area contributed by atoms with Gasteiger partial charge in [-0.1, -0.05) is 6.58 Å². The van der Waals surface area contributed by atoms with E-state index in [4.69, 9.17) is 9.47 Å². The first-order valence-corrected chi connectivity index (χ1v) is 3.51. The van der Waals surface area contributed by atoms with Crippen LogP contribution in [0.5, 0.6) is 0 Å². The summed E-state index contributed by atoms with van der Waals surface area (Å²) in [5.74, 6) is 0. The van der Waals surface area contributed by atoms with Crippen LogP contribution in [0, 0.1) is 0 Å². The summed E-state index contributed by atoms with van der Waals surface area (Å²) in [4.78, 5) is 0. The van der Waals surface area contributed by atoms with Crippen molar-refractivity contribution in [3.63, 3.8) is 0 Å². The summed E-state index contributed by atoms with van der Waals surface area (Å²) in [6, 6.07) is 0. The number of rotatable bonds is 3. The van der Waals surface area contributed by atoms with Crippen molar-refractivity contribution < 1.29 is 9.47 Å². The van der Waals surface area contributed by atoms with Gasteiger partial charge in [-0.25, -0.2) is 0 Å². The van der Waals surface area contributed by atoms with E-state index >= 15 is 0 Å². The zero-order valence-electron chi connectivity index (χ0n) is 5.60. The quantitative estimate of drug-likeness (QED) is 0.301. The average Bonchev–Trinajstić information content (AvgIpc) is 1.65. The Balaban J connectivity index is 3.24. The highest BCUT2D eigenvalue weighted by atomic mass is 28.1. The van der Waals surface area contributed by atoms with Gasteiger partial charge in [-0.05, 0) is 6.92 Å². The minimum atomic E-state index is -0.139. The van der Waals surface area contributed by atoms with Crippen LogP contribution < -0.4 is 0 Å². The van der Waals surface area contributed by atoms with Gasteiger partial charge in [0.15, 0.2) is 6.29 Å². The van der Waals surface area contributed by atoms with Crippen molar-refractivity contribution in [3.05, 3.63) is 12.0 Å². The van der Waals surface area contributed by atoms with Gasteiger partial charge in [0.25, 0.3) is 0 Å². The van der Waals surface area contributed by atoms with E-state index in [0.717, 1.165) is 15.6 Å². The fraction of sp³-hybridized carbons (Fsp3) is 0.600. The molecule has 1 atom stereocenters. The van der Waals surface area contributed by atoms with Crippen molar-refractivity contribution in [2.24, 2.45) is 0 Å². The lowest BCUT2D eigenvalue weighted by Crippen LogP contribution is -2.08. The summed E-state index contributed by atoms with van der Waals surface area (Å²) in [7, 11) is 2.48. The first-order chi connectivity index (χ1) is 3.66. The molecule has 0 spiro atoms. The van der Waals surface area contributed by atoms with Crippen molar-refractivity contribution in [3.8, 4) is 0 Å². The maximum atomic E-state index is 5.04. The third kappa shape index (κ3) is 3.89. The predicted molar refractivity (Wildman–Crippen MR) is 36.6 cm³/mol. The molecule has 0 aliphatic heterocycles. The molecule has 0 aliphatic rings. The lowest BCUT2D eigenvalue weighted by Gasteiger charge is -2.11. The Hall–Kier alpha value is -0.283. The SMILES string of the molecule is C=C([SiH3])OC(C)OC. The maximum Gasteiger partial charge on any atom is 0.195 e. The van der Waals surface area contributed by atoms with E-state index < -0.39 is 0 Å². The zero-order chi connectivity index (χ0) is 6.57. The Morgan fingerprint density at radius 3 is 2.38 bits per heavy atom. The van der Waals surface area contributed by atoms with Crippen LogP contribution in [0.1, 0.15) is 6.92 Å². The van der Waals surface area contributed by atoms with Gasteiger partial charge in [0.2, 0.25) is 0 Å². The van der Waals surface area contributed by atoms with Crippen LogP contribution in [0.3, 0.4) is 0 Å². The molecule has 0 saturated heterocycles. The largest absolute Gasteiger partial charge is 0.476 e. The first kappa shape index (κ1) is 7.72. The second-order valence-corrected chi connectivity index (χ2v) is 2.74. The molecule has 0 radical (unpaired) electrons. The van der Waals surface area contributed by atoms with E-state index in [-0.39, 0.29) is 6.29 Å². The highest BCUT2D eigenvalue weighted by Gasteiger charge is 1.95. The summed E-state index contributed by atoms with van der Waals surface area (Å²) < 4.78 is 9.84.